The van der Waals surface area contributed by atoms with E-state index in [2.05, 4.69) is 37.8 Å². The van der Waals surface area contributed by atoms with Crippen molar-refractivity contribution in [3.05, 3.63) is 0 Å². The van der Waals surface area contributed by atoms with Crippen molar-refractivity contribution in [2.45, 2.75) is 65.3 Å². The highest BCUT2D eigenvalue weighted by Gasteiger charge is 2.19. The Hall–Kier alpha value is 0.310. The Labute approximate surface area is 113 Å². The molecule has 1 rings (SSSR count). The molecule has 0 heterocycles. The normalized spacial score (nSPS) is 19.1. The molecular formula is C15H31NS. The minimum atomic E-state index is 0.766. The number of thioether (sulfide) groups is 1. The van der Waals surface area contributed by atoms with Gasteiger partial charge < -0.3 is 5.32 Å². The maximum atomic E-state index is 3.75. The largest absolute Gasteiger partial charge is 0.313 e. The molecule has 0 aromatic carbocycles. The van der Waals surface area contributed by atoms with Crippen LogP contribution < -0.4 is 5.32 Å². The lowest BCUT2D eigenvalue weighted by Gasteiger charge is -2.22. The second kappa shape index (κ2) is 9.27. The molecule has 0 saturated heterocycles. The van der Waals surface area contributed by atoms with Gasteiger partial charge in [-0.05, 0) is 37.0 Å². The van der Waals surface area contributed by atoms with E-state index in [-0.39, 0.29) is 0 Å². The highest BCUT2D eigenvalue weighted by atomic mass is 32.2. The van der Waals surface area contributed by atoms with Crippen molar-refractivity contribution in [1.82, 2.24) is 5.32 Å². The molecule has 2 heteroatoms. The van der Waals surface area contributed by atoms with Crippen LogP contribution in [0.2, 0.25) is 0 Å². The molecule has 0 aromatic heterocycles. The summed E-state index contributed by atoms with van der Waals surface area (Å²) in [6.07, 6.45) is 8.61. The lowest BCUT2D eigenvalue weighted by atomic mass is 9.99. The van der Waals surface area contributed by atoms with Gasteiger partial charge in [-0.2, -0.15) is 11.8 Å². The summed E-state index contributed by atoms with van der Waals surface area (Å²) in [6.45, 7) is 8.09. The zero-order valence-corrected chi connectivity index (χ0v) is 12.8. The molecule has 1 fully saturated rings. The molecular weight excluding hydrogens is 226 g/mol. The fourth-order valence-electron chi connectivity index (χ4n) is 2.65. The fourth-order valence-corrected chi connectivity index (χ4v) is 3.80. The molecule has 17 heavy (non-hydrogen) atoms. The van der Waals surface area contributed by atoms with Gasteiger partial charge in [0.15, 0.2) is 0 Å². The summed E-state index contributed by atoms with van der Waals surface area (Å²) in [5, 5.41) is 3.75. The zero-order chi connectivity index (χ0) is 12.5. The monoisotopic (exact) mass is 257 g/mol. The summed E-state index contributed by atoms with van der Waals surface area (Å²) >= 11 is 2.14. The van der Waals surface area contributed by atoms with Crippen LogP contribution in [0.5, 0.6) is 0 Å². The van der Waals surface area contributed by atoms with Crippen LogP contribution in [-0.2, 0) is 0 Å². The zero-order valence-electron chi connectivity index (χ0n) is 12.0. The van der Waals surface area contributed by atoms with E-state index in [9.17, 15) is 0 Å². The van der Waals surface area contributed by atoms with Gasteiger partial charge in [0.1, 0.15) is 0 Å². The molecule has 1 saturated carbocycles. The maximum Gasteiger partial charge on any atom is 0.0160 e. The first kappa shape index (κ1) is 15.4. The van der Waals surface area contributed by atoms with Crippen molar-refractivity contribution in [1.29, 1.82) is 0 Å². The van der Waals surface area contributed by atoms with Gasteiger partial charge in [-0.25, -0.2) is 0 Å². The Bertz CT molecular complexity index is 176. The van der Waals surface area contributed by atoms with Gasteiger partial charge in [0.05, 0.1) is 0 Å². The van der Waals surface area contributed by atoms with E-state index in [0.29, 0.717) is 0 Å². The van der Waals surface area contributed by atoms with E-state index in [1.807, 2.05) is 0 Å². The van der Waals surface area contributed by atoms with E-state index in [1.165, 1.54) is 56.6 Å². The number of nitrogens with one attached hydrogen (secondary N) is 1. The Morgan fingerprint density at radius 1 is 1.18 bits per heavy atom. The quantitative estimate of drug-likeness (QED) is 0.660. The van der Waals surface area contributed by atoms with Crippen molar-refractivity contribution in [3.8, 4) is 0 Å². The van der Waals surface area contributed by atoms with Crippen molar-refractivity contribution in [2.24, 2.45) is 11.8 Å². The minimum absolute atomic E-state index is 0.766. The molecule has 1 aliphatic rings. The first-order valence-corrected chi connectivity index (χ1v) is 8.69. The summed E-state index contributed by atoms with van der Waals surface area (Å²) in [5.74, 6) is 4.48. The molecule has 1 atom stereocenters. The van der Waals surface area contributed by atoms with E-state index in [1.54, 1.807) is 0 Å². The van der Waals surface area contributed by atoms with Crippen molar-refractivity contribution in [2.75, 3.05) is 18.1 Å². The van der Waals surface area contributed by atoms with Crippen LogP contribution in [0.1, 0.15) is 59.3 Å². The highest BCUT2D eigenvalue weighted by Crippen LogP contribution is 2.29. The van der Waals surface area contributed by atoms with E-state index >= 15 is 0 Å². The third-order valence-corrected chi connectivity index (χ3v) is 5.09. The number of rotatable bonds is 9. The minimum Gasteiger partial charge on any atom is -0.313 e. The molecule has 1 N–H and O–H groups in total. The summed E-state index contributed by atoms with van der Waals surface area (Å²) in [6, 6.07) is 0.766. The van der Waals surface area contributed by atoms with E-state index < -0.39 is 0 Å². The molecule has 102 valence electrons. The Balaban J connectivity index is 2.20. The molecule has 0 bridgehead atoms. The van der Waals surface area contributed by atoms with Gasteiger partial charge in [0.25, 0.3) is 0 Å². The van der Waals surface area contributed by atoms with Crippen LogP contribution in [0.4, 0.5) is 0 Å². The van der Waals surface area contributed by atoms with Gasteiger partial charge in [0.2, 0.25) is 0 Å². The third-order valence-electron chi connectivity index (χ3n) is 3.55. The first-order chi connectivity index (χ1) is 8.22. The topological polar surface area (TPSA) is 12.0 Å². The van der Waals surface area contributed by atoms with E-state index in [0.717, 1.165) is 17.9 Å². The van der Waals surface area contributed by atoms with Crippen LogP contribution in [0.3, 0.4) is 0 Å². The van der Waals surface area contributed by atoms with Crippen LogP contribution in [-0.4, -0.2) is 24.1 Å². The predicted octanol–water partition coefficient (Wildman–Crippen LogP) is 4.32. The summed E-state index contributed by atoms with van der Waals surface area (Å²) in [5.41, 5.74) is 0. The van der Waals surface area contributed by atoms with Gasteiger partial charge in [-0.3, -0.25) is 0 Å². The van der Waals surface area contributed by atoms with Gasteiger partial charge in [-0.1, -0.05) is 46.5 Å². The average Bonchev–Trinajstić information content (AvgIpc) is 2.78. The molecule has 0 aliphatic heterocycles. The fraction of sp³-hybridized carbons (Fsp3) is 1.00. The van der Waals surface area contributed by atoms with Crippen LogP contribution in [0.15, 0.2) is 0 Å². The average molecular weight is 257 g/mol. The Morgan fingerprint density at radius 3 is 2.47 bits per heavy atom. The van der Waals surface area contributed by atoms with Gasteiger partial charge in [0, 0.05) is 11.8 Å². The lowest BCUT2D eigenvalue weighted by Crippen LogP contribution is -2.33. The standard InChI is InChI=1S/C15H31NS/c1-4-9-16-15(12-17-11-13(2)3)10-14-7-5-6-8-14/h13-16H,4-12H2,1-3H3. The SMILES string of the molecule is CCCNC(CSCC(C)C)CC1CCCC1. The van der Waals surface area contributed by atoms with Crippen molar-refractivity contribution in [3.63, 3.8) is 0 Å². The van der Waals surface area contributed by atoms with Crippen LogP contribution in [0.25, 0.3) is 0 Å². The molecule has 1 nitrogen and oxygen atoms in total. The molecule has 0 radical (unpaired) electrons. The second-order valence-corrected chi connectivity index (χ2v) is 7.04. The number of hydrogen-bond donors (Lipinski definition) is 1. The van der Waals surface area contributed by atoms with Crippen LogP contribution >= 0.6 is 11.8 Å². The summed E-state index contributed by atoms with van der Waals surface area (Å²) in [7, 11) is 0. The Kier molecular flexibility index (Phi) is 8.38. The van der Waals surface area contributed by atoms with Crippen LogP contribution in [0, 0.1) is 11.8 Å². The molecule has 0 spiro atoms. The predicted molar refractivity (Wildman–Crippen MR) is 80.8 cm³/mol. The Morgan fingerprint density at radius 2 is 1.88 bits per heavy atom. The molecule has 0 amide bonds. The number of hydrogen-bond acceptors (Lipinski definition) is 2. The lowest BCUT2D eigenvalue weighted by molar-refractivity contribution is 0.410. The highest BCUT2D eigenvalue weighted by molar-refractivity contribution is 7.99. The van der Waals surface area contributed by atoms with Gasteiger partial charge in [-0.15, -0.1) is 0 Å². The van der Waals surface area contributed by atoms with E-state index in [4.69, 9.17) is 0 Å². The van der Waals surface area contributed by atoms with Gasteiger partial charge >= 0.3 is 0 Å². The van der Waals surface area contributed by atoms with Crippen molar-refractivity contribution >= 4 is 11.8 Å². The second-order valence-electron chi connectivity index (χ2n) is 5.97. The molecule has 1 unspecified atom stereocenters. The molecule has 0 aromatic rings. The summed E-state index contributed by atoms with van der Waals surface area (Å²) < 4.78 is 0. The smallest absolute Gasteiger partial charge is 0.0160 e. The van der Waals surface area contributed by atoms with Crippen molar-refractivity contribution < 1.29 is 0 Å². The molecule has 1 aliphatic carbocycles. The summed E-state index contributed by atoms with van der Waals surface area (Å²) in [4.78, 5) is 0. The first-order valence-electron chi connectivity index (χ1n) is 7.53. The maximum absolute atomic E-state index is 3.75. The third kappa shape index (κ3) is 7.35.